The minimum atomic E-state index is 0.694. The molecule has 0 spiro atoms. The van der Waals surface area contributed by atoms with Gasteiger partial charge in [0.25, 0.3) is 0 Å². The summed E-state index contributed by atoms with van der Waals surface area (Å²) >= 11 is 0. The summed E-state index contributed by atoms with van der Waals surface area (Å²) in [5.74, 6) is 3.49. The zero-order chi connectivity index (χ0) is 10.9. The van der Waals surface area contributed by atoms with Gasteiger partial charge < -0.3 is 10.1 Å². The summed E-state index contributed by atoms with van der Waals surface area (Å²) in [7, 11) is 0. The van der Waals surface area contributed by atoms with E-state index in [1.54, 1.807) is 0 Å². The fourth-order valence-corrected chi connectivity index (χ4v) is 2.03. The highest BCUT2D eigenvalue weighted by Crippen LogP contribution is 2.23. The first-order valence-corrected chi connectivity index (χ1v) is 6.07. The minimum absolute atomic E-state index is 0.694. The first-order chi connectivity index (χ1) is 7.33. The van der Waals surface area contributed by atoms with Gasteiger partial charge in [0.15, 0.2) is 0 Å². The highest BCUT2D eigenvalue weighted by atomic mass is 16.5. The number of ether oxygens (including phenoxy) is 1. The van der Waals surface area contributed by atoms with E-state index < -0.39 is 0 Å². The first-order valence-electron chi connectivity index (χ1n) is 6.07. The van der Waals surface area contributed by atoms with Crippen LogP contribution in [0.2, 0.25) is 0 Å². The molecule has 1 fully saturated rings. The van der Waals surface area contributed by atoms with Crippen LogP contribution in [-0.4, -0.2) is 25.8 Å². The molecule has 0 aromatic heterocycles. The van der Waals surface area contributed by atoms with Gasteiger partial charge in [0, 0.05) is 19.0 Å². The average molecular weight is 209 g/mol. The van der Waals surface area contributed by atoms with Crippen LogP contribution in [0.1, 0.15) is 39.0 Å². The SMILES string of the molecule is C#CCCOCCNC1CCC(C)CC1. The number of terminal acetylenes is 1. The summed E-state index contributed by atoms with van der Waals surface area (Å²) in [6.45, 7) is 4.79. The second-order valence-corrected chi connectivity index (χ2v) is 4.48. The molecule has 1 rings (SSSR count). The number of nitrogens with one attached hydrogen (secondary N) is 1. The molecular formula is C13H23NO. The first kappa shape index (κ1) is 12.5. The van der Waals surface area contributed by atoms with Crippen molar-refractivity contribution >= 4 is 0 Å². The van der Waals surface area contributed by atoms with Crippen LogP contribution in [0, 0.1) is 18.3 Å². The van der Waals surface area contributed by atoms with E-state index in [9.17, 15) is 0 Å². The Morgan fingerprint density at radius 2 is 2.00 bits per heavy atom. The third-order valence-corrected chi connectivity index (χ3v) is 3.09. The molecule has 0 heterocycles. The molecule has 1 aliphatic rings. The van der Waals surface area contributed by atoms with E-state index in [0.717, 1.165) is 31.5 Å². The van der Waals surface area contributed by atoms with Gasteiger partial charge in [-0.1, -0.05) is 6.92 Å². The molecule has 0 amide bonds. The predicted octanol–water partition coefficient (Wildman–Crippen LogP) is 2.19. The van der Waals surface area contributed by atoms with E-state index in [-0.39, 0.29) is 0 Å². The molecule has 0 aromatic rings. The van der Waals surface area contributed by atoms with E-state index in [2.05, 4.69) is 18.2 Å². The Morgan fingerprint density at radius 3 is 2.67 bits per heavy atom. The molecular weight excluding hydrogens is 186 g/mol. The summed E-state index contributed by atoms with van der Waals surface area (Å²) in [6, 6.07) is 0.720. The van der Waals surface area contributed by atoms with Crippen molar-refractivity contribution in [2.75, 3.05) is 19.8 Å². The molecule has 0 radical (unpaired) electrons. The van der Waals surface area contributed by atoms with Crippen molar-refractivity contribution in [1.82, 2.24) is 5.32 Å². The standard InChI is InChI=1S/C13H23NO/c1-3-4-10-15-11-9-14-13-7-5-12(2)6-8-13/h1,12-14H,4-11H2,2H3. The van der Waals surface area contributed by atoms with Gasteiger partial charge >= 0.3 is 0 Å². The van der Waals surface area contributed by atoms with Gasteiger partial charge in [0.1, 0.15) is 0 Å². The second-order valence-electron chi connectivity index (χ2n) is 4.48. The quantitative estimate of drug-likeness (QED) is 0.535. The van der Waals surface area contributed by atoms with Crippen molar-refractivity contribution in [2.45, 2.75) is 45.1 Å². The Balaban J connectivity index is 1.90. The lowest BCUT2D eigenvalue weighted by molar-refractivity contribution is 0.136. The predicted molar refractivity (Wildman–Crippen MR) is 63.7 cm³/mol. The fourth-order valence-electron chi connectivity index (χ4n) is 2.03. The van der Waals surface area contributed by atoms with Gasteiger partial charge in [-0.05, 0) is 31.6 Å². The van der Waals surface area contributed by atoms with Crippen LogP contribution in [0.15, 0.2) is 0 Å². The van der Waals surface area contributed by atoms with E-state index >= 15 is 0 Å². The largest absolute Gasteiger partial charge is 0.379 e. The summed E-state index contributed by atoms with van der Waals surface area (Å²) < 4.78 is 5.38. The molecule has 1 aliphatic carbocycles. The lowest BCUT2D eigenvalue weighted by Gasteiger charge is -2.26. The van der Waals surface area contributed by atoms with Crippen molar-refractivity contribution < 1.29 is 4.74 Å². The molecule has 0 aliphatic heterocycles. The maximum Gasteiger partial charge on any atom is 0.0591 e. The van der Waals surface area contributed by atoms with Crippen LogP contribution < -0.4 is 5.32 Å². The zero-order valence-electron chi connectivity index (χ0n) is 9.80. The van der Waals surface area contributed by atoms with Crippen LogP contribution in [0.5, 0.6) is 0 Å². The van der Waals surface area contributed by atoms with Crippen molar-refractivity contribution in [2.24, 2.45) is 5.92 Å². The van der Waals surface area contributed by atoms with Gasteiger partial charge in [-0.25, -0.2) is 0 Å². The van der Waals surface area contributed by atoms with E-state index in [4.69, 9.17) is 11.2 Å². The maximum atomic E-state index is 5.38. The topological polar surface area (TPSA) is 21.3 Å². The smallest absolute Gasteiger partial charge is 0.0591 e. The van der Waals surface area contributed by atoms with Gasteiger partial charge in [0.05, 0.1) is 13.2 Å². The number of hydrogen-bond donors (Lipinski definition) is 1. The Kier molecular flexibility index (Phi) is 6.47. The second kappa shape index (κ2) is 7.73. The highest BCUT2D eigenvalue weighted by molar-refractivity contribution is 4.82. The Hall–Kier alpha value is -0.520. The van der Waals surface area contributed by atoms with Crippen LogP contribution in [0.25, 0.3) is 0 Å². The van der Waals surface area contributed by atoms with Crippen molar-refractivity contribution in [3.8, 4) is 12.3 Å². The zero-order valence-corrected chi connectivity index (χ0v) is 9.80. The molecule has 0 unspecified atom stereocenters. The molecule has 1 N–H and O–H groups in total. The maximum absolute atomic E-state index is 5.38. The van der Waals surface area contributed by atoms with Crippen LogP contribution in [0.3, 0.4) is 0 Å². The average Bonchev–Trinajstić information content (AvgIpc) is 2.26. The molecule has 2 nitrogen and oxygen atoms in total. The summed E-state index contributed by atoms with van der Waals surface area (Å²) in [4.78, 5) is 0. The van der Waals surface area contributed by atoms with Crippen LogP contribution in [0.4, 0.5) is 0 Å². The molecule has 0 bridgehead atoms. The number of rotatable bonds is 6. The van der Waals surface area contributed by atoms with Gasteiger partial charge in [0.2, 0.25) is 0 Å². The van der Waals surface area contributed by atoms with Crippen molar-refractivity contribution in [1.29, 1.82) is 0 Å². The third-order valence-electron chi connectivity index (χ3n) is 3.09. The molecule has 1 saturated carbocycles. The summed E-state index contributed by atoms with van der Waals surface area (Å²) in [6.07, 6.45) is 11.2. The van der Waals surface area contributed by atoms with E-state index in [1.807, 2.05) is 0 Å². The lowest BCUT2D eigenvalue weighted by atomic mass is 9.87. The van der Waals surface area contributed by atoms with Crippen LogP contribution >= 0.6 is 0 Å². The molecule has 0 saturated heterocycles. The lowest BCUT2D eigenvalue weighted by Crippen LogP contribution is -2.34. The molecule has 0 atom stereocenters. The van der Waals surface area contributed by atoms with Crippen molar-refractivity contribution in [3.63, 3.8) is 0 Å². The van der Waals surface area contributed by atoms with Gasteiger partial charge in [-0.3, -0.25) is 0 Å². The summed E-state index contributed by atoms with van der Waals surface area (Å²) in [5, 5.41) is 3.54. The van der Waals surface area contributed by atoms with Gasteiger partial charge in [-0.2, -0.15) is 0 Å². The monoisotopic (exact) mass is 209 g/mol. The minimum Gasteiger partial charge on any atom is -0.379 e. The van der Waals surface area contributed by atoms with Gasteiger partial charge in [-0.15, -0.1) is 12.3 Å². The highest BCUT2D eigenvalue weighted by Gasteiger charge is 2.16. The normalized spacial score (nSPS) is 26.1. The fraction of sp³-hybridized carbons (Fsp3) is 0.846. The molecule has 0 aromatic carbocycles. The van der Waals surface area contributed by atoms with E-state index in [0.29, 0.717) is 6.61 Å². The Morgan fingerprint density at radius 1 is 1.27 bits per heavy atom. The Bertz CT molecular complexity index is 189. The Labute approximate surface area is 93.8 Å². The molecule has 2 heteroatoms. The molecule has 15 heavy (non-hydrogen) atoms. The van der Waals surface area contributed by atoms with Crippen LogP contribution in [-0.2, 0) is 4.74 Å². The van der Waals surface area contributed by atoms with E-state index in [1.165, 1.54) is 25.7 Å². The van der Waals surface area contributed by atoms with Crippen molar-refractivity contribution in [3.05, 3.63) is 0 Å². The summed E-state index contributed by atoms with van der Waals surface area (Å²) in [5.41, 5.74) is 0. The third kappa shape index (κ3) is 5.81. The molecule has 86 valence electrons. The number of hydrogen-bond acceptors (Lipinski definition) is 2.